The van der Waals surface area contributed by atoms with Crippen LogP contribution in [0.5, 0.6) is 5.75 Å². The summed E-state index contributed by atoms with van der Waals surface area (Å²) in [6.07, 6.45) is 0. The van der Waals surface area contributed by atoms with Crippen LogP contribution in [0.1, 0.15) is 22.8 Å². The van der Waals surface area contributed by atoms with E-state index in [9.17, 15) is 9.18 Å². The standard InChI is InChI=1S/C16H17FN2O2/c1-2-21-14-9-5-8-13(18)15(14)16(20)19-10-11-6-3-4-7-12(11)17/h3-9H,2,10,18H2,1H3,(H,19,20). The van der Waals surface area contributed by atoms with Gasteiger partial charge in [-0.05, 0) is 25.1 Å². The van der Waals surface area contributed by atoms with E-state index in [1.165, 1.54) is 6.07 Å². The number of anilines is 1. The molecule has 0 fully saturated rings. The smallest absolute Gasteiger partial charge is 0.257 e. The Balaban J connectivity index is 2.16. The molecule has 110 valence electrons. The van der Waals surface area contributed by atoms with Gasteiger partial charge < -0.3 is 15.8 Å². The van der Waals surface area contributed by atoms with Crippen molar-refractivity contribution in [2.75, 3.05) is 12.3 Å². The van der Waals surface area contributed by atoms with Crippen LogP contribution in [0, 0.1) is 5.82 Å². The number of nitrogens with one attached hydrogen (secondary N) is 1. The topological polar surface area (TPSA) is 64.3 Å². The van der Waals surface area contributed by atoms with Crippen LogP contribution >= 0.6 is 0 Å². The van der Waals surface area contributed by atoms with Gasteiger partial charge in [0.25, 0.3) is 5.91 Å². The molecule has 0 spiro atoms. The molecule has 0 radical (unpaired) electrons. The fraction of sp³-hybridized carbons (Fsp3) is 0.188. The molecule has 2 aromatic rings. The van der Waals surface area contributed by atoms with Crippen molar-refractivity contribution in [3.05, 3.63) is 59.4 Å². The van der Waals surface area contributed by atoms with Crippen LogP contribution in [-0.2, 0) is 6.54 Å². The fourth-order valence-corrected chi connectivity index (χ4v) is 1.97. The lowest BCUT2D eigenvalue weighted by molar-refractivity contribution is 0.0948. The van der Waals surface area contributed by atoms with Gasteiger partial charge in [-0.3, -0.25) is 4.79 Å². The van der Waals surface area contributed by atoms with E-state index in [2.05, 4.69) is 5.32 Å². The van der Waals surface area contributed by atoms with Gasteiger partial charge in [-0.15, -0.1) is 0 Å². The van der Waals surface area contributed by atoms with Gasteiger partial charge >= 0.3 is 0 Å². The monoisotopic (exact) mass is 288 g/mol. The molecule has 3 N–H and O–H groups in total. The zero-order valence-electron chi connectivity index (χ0n) is 11.7. The Hall–Kier alpha value is -2.56. The first-order chi connectivity index (χ1) is 10.1. The van der Waals surface area contributed by atoms with Crippen LogP contribution in [-0.4, -0.2) is 12.5 Å². The van der Waals surface area contributed by atoms with Crippen molar-refractivity contribution in [1.29, 1.82) is 0 Å². The molecule has 2 rings (SSSR count). The predicted molar refractivity (Wildman–Crippen MR) is 79.6 cm³/mol. The summed E-state index contributed by atoms with van der Waals surface area (Å²) in [6.45, 7) is 2.34. The quantitative estimate of drug-likeness (QED) is 0.831. The normalized spacial score (nSPS) is 10.2. The zero-order chi connectivity index (χ0) is 15.2. The van der Waals surface area contributed by atoms with Crippen molar-refractivity contribution < 1.29 is 13.9 Å². The average molecular weight is 288 g/mol. The molecule has 0 atom stereocenters. The largest absolute Gasteiger partial charge is 0.493 e. The second-order valence-electron chi connectivity index (χ2n) is 4.43. The molecule has 0 aliphatic rings. The molecular weight excluding hydrogens is 271 g/mol. The third kappa shape index (κ3) is 3.51. The number of nitrogens with two attached hydrogens (primary N) is 1. The van der Waals surface area contributed by atoms with Gasteiger partial charge in [0.05, 0.1) is 6.61 Å². The van der Waals surface area contributed by atoms with Gasteiger partial charge in [0.2, 0.25) is 0 Å². The number of rotatable bonds is 5. The molecule has 0 unspecified atom stereocenters. The third-order valence-electron chi connectivity index (χ3n) is 2.98. The maximum Gasteiger partial charge on any atom is 0.257 e. The van der Waals surface area contributed by atoms with E-state index in [1.807, 2.05) is 6.92 Å². The number of nitrogen functional groups attached to an aromatic ring is 1. The van der Waals surface area contributed by atoms with Crippen LogP contribution in [0.25, 0.3) is 0 Å². The lowest BCUT2D eigenvalue weighted by atomic mass is 10.1. The minimum absolute atomic E-state index is 0.0887. The molecule has 0 bridgehead atoms. The van der Waals surface area contributed by atoms with Crippen molar-refractivity contribution in [2.24, 2.45) is 0 Å². The van der Waals surface area contributed by atoms with Gasteiger partial charge in [0, 0.05) is 17.8 Å². The number of carbonyl (C=O) groups is 1. The van der Waals surface area contributed by atoms with E-state index in [1.54, 1.807) is 36.4 Å². The first-order valence-corrected chi connectivity index (χ1v) is 6.66. The molecular formula is C16H17FN2O2. The summed E-state index contributed by atoms with van der Waals surface area (Å²) < 4.78 is 18.9. The first kappa shape index (κ1) is 14.8. The number of ether oxygens (including phenoxy) is 1. The highest BCUT2D eigenvalue weighted by atomic mass is 19.1. The average Bonchev–Trinajstić information content (AvgIpc) is 2.47. The molecule has 0 saturated heterocycles. The molecule has 2 aromatic carbocycles. The Morgan fingerprint density at radius 2 is 2.00 bits per heavy atom. The Kier molecular flexibility index (Phi) is 4.77. The molecule has 4 nitrogen and oxygen atoms in total. The maximum absolute atomic E-state index is 13.5. The minimum Gasteiger partial charge on any atom is -0.493 e. The number of hydrogen-bond acceptors (Lipinski definition) is 3. The van der Waals surface area contributed by atoms with Crippen molar-refractivity contribution in [2.45, 2.75) is 13.5 Å². The SMILES string of the molecule is CCOc1cccc(N)c1C(=O)NCc1ccccc1F. The summed E-state index contributed by atoms with van der Waals surface area (Å²) in [5.41, 5.74) is 6.85. The molecule has 1 amide bonds. The van der Waals surface area contributed by atoms with Crippen molar-refractivity contribution in [1.82, 2.24) is 5.32 Å². The molecule has 0 aliphatic heterocycles. The number of hydrogen-bond donors (Lipinski definition) is 2. The van der Waals surface area contributed by atoms with Gasteiger partial charge in [0.15, 0.2) is 0 Å². The van der Waals surface area contributed by atoms with Gasteiger partial charge in [-0.1, -0.05) is 24.3 Å². The van der Waals surface area contributed by atoms with E-state index in [0.717, 1.165) is 0 Å². The summed E-state index contributed by atoms with van der Waals surface area (Å²) in [7, 11) is 0. The van der Waals surface area contributed by atoms with E-state index >= 15 is 0 Å². The summed E-state index contributed by atoms with van der Waals surface area (Å²) in [4.78, 5) is 12.3. The van der Waals surface area contributed by atoms with Crippen LogP contribution < -0.4 is 15.8 Å². The highest BCUT2D eigenvalue weighted by molar-refractivity contribution is 6.01. The molecule has 0 saturated carbocycles. The number of benzene rings is 2. The molecule has 0 aromatic heterocycles. The minimum atomic E-state index is -0.389. The van der Waals surface area contributed by atoms with Crippen molar-refractivity contribution in [3.8, 4) is 5.75 Å². The molecule has 0 aliphatic carbocycles. The fourth-order valence-electron chi connectivity index (χ4n) is 1.97. The predicted octanol–water partition coefficient (Wildman–Crippen LogP) is 2.74. The molecule has 21 heavy (non-hydrogen) atoms. The summed E-state index contributed by atoms with van der Waals surface area (Å²) >= 11 is 0. The second kappa shape index (κ2) is 6.74. The van der Waals surface area contributed by atoms with Crippen LogP contribution in [0.4, 0.5) is 10.1 Å². The van der Waals surface area contributed by atoms with Crippen molar-refractivity contribution in [3.63, 3.8) is 0 Å². The van der Waals surface area contributed by atoms with Crippen LogP contribution in [0.2, 0.25) is 0 Å². The Morgan fingerprint density at radius 3 is 2.71 bits per heavy atom. The number of halogens is 1. The molecule has 0 heterocycles. The Morgan fingerprint density at radius 1 is 1.24 bits per heavy atom. The lowest BCUT2D eigenvalue weighted by Gasteiger charge is -2.13. The summed E-state index contributed by atoms with van der Waals surface area (Å²) in [5, 5.41) is 2.66. The Bertz CT molecular complexity index is 644. The lowest BCUT2D eigenvalue weighted by Crippen LogP contribution is -2.25. The van der Waals surface area contributed by atoms with E-state index < -0.39 is 0 Å². The van der Waals surface area contributed by atoms with Crippen LogP contribution in [0.3, 0.4) is 0 Å². The second-order valence-corrected chi connectivity index (χ2v) is 4.43. The Labute approximate surface area is 122 Å². The molecule has 5 heteroatoms. The zero-order valence-corrected chi connectivity index (χ0v) is 11.7. The maximum atomic E-state index is 13.5. The highest BCUT2D eigenvalue weighted by Crippen LogP contribution is 2.24. The van der Waals surface area contributed by atoms with Gasteiger partial charge in [0.1, 0.15) is 17.1 Å². The van der Waals surface area contributed by atoms with E-state index in [0.29, 0.717) is 23.6 Å². The summed E-state index contributed by atoms with van der Waals surface area (Å²) in [6, 6.07) is 11.3. The number of amides is 1. The van der Waals surface area contributed by atoms with E-state index in [4.69, 9.17) is 10.5 Å². The third-order valence-corrected chi connectivity index (χ3v) is 2.98. The summed E-state index contributed by atoms with van der Waals surface area (Å²) in [5.74, 6) is -0.327. The number of carbonyl (C=O) groups excluding carboxylic acids is 1. The van der Waals surface area contributed by atoms with Gasteiger partial charge in [-0.2, -0.15) is 0 Å². The first-order valence-electron chi connectivity index (χ1n) is 6.66. The van der Waals surface area contributed by atoms with Gasteiger partial charge in [-0.25, -0.2) is 4.39 Å². The van der Waals surface area contributed by atoms with E-state index in [-0.39, 0.29) is 23.8 Å². The van der Waals surface area contributed by atoms with Crippen LogP contribution in [0.15, 0.2) is 42.5 Å². The highest BCUT2D eigenvalue weighted by Gasteiger charge is 2.16. The van der Waals surface area contributed by atoms with Crippen molar-refractivity contribution >= 4 is 11.6 Å².